The summed E-state index contributed by atoms with van der Waals surface area (Å²) in [7, 11) is 0. The third-order valence-corrected chi connectivity index (χ3v) is 6.08. The number of nitrogens with zero attached hydrogens (tertiary/aromatic N) is 2. The van der Waals surface area contributed by atoms with Gasteiger partial charge in [-0.05, 0) is 46.5 Å². The van der Waals surface area contributed by atoms with E-state index in [1.54, 1.807) is 24.4 Å². The Balaban J connectivity index is 1.80. The molecule has 0 amide bonds. The first-order valence-electron chi connectivity index (χ1n) is 11.7. The molecule has 2 N–H and O–H groups in total. The second kappa shape index (κ2) is 10.8. The van der Waals surface area contributed by atoms with Crippen LogP contribution in [0.5, 0.6) is 0 Å². The van der Waals surface area contributed by atoms with Crippen LogP contribution in [0.1, 0.15) is 52.8 Å². The number of aromatic carboxylic acids is 1. The van der Waals surface area contributed by atoms with Crippen molar-refractivity contribution >= 4 is 28.8 Å². The second-order valence-corrected chi connectivity index (χ2v) is 8.59. The van der Waals surface area contributed by atoms with Gasteiger partial charge < -0.3 is 14.8 Å². The summed E-state index contributed by atoms with van der Waals surface area (Å²) in [6, 6.07) is 20.6. The quantitative estimate of drug-likeness (QED) is 0.285. The highest BCUT2D eigenvalue weighted by molar-refractivity contribution is 5.96. The number of carboxylic acid groups (broad SMARTS) is 2. The van der Waals surface area contributed by atoms with Gasteiger partial charge in [0.15, 0.2) is 0 Å². The third-order valence-electron chi connectivity index (χ3n) is 6.08. The van der Waals surface area contributed by atoms with Crippen molar-refractivity contribution in [3.63, 3.8) is 0 Å². The molecule has 4 rings (SSSR count). The predicted molar refractivity (Wildman–Crippen MR) is 137 cm³/mol. The lowest BCUT2D eigenvalue weighted by Crippen LogP contribution is -2.10. The number of unbranched alkanes of at least 4 members (excludes halogenated alkanes) is 1. The molecule has 0 radical (unpaired) electrons. The van der Waals surface area contributed by atoms with E-state index in [1.165, 1.54) is 0 Å². The molecule has 0 unspecified atom stereocenters. The summed E-state index contributed by atoms with van der Waals surface area (Å²) < 4.78 is 2.01. The number of rotatable bonds is 10. The Hall–Kier alpha value is -4.19. The van der Waals surface area contributed by atoms with E-state index in [-0.39, 0.29) is 11.1 Å². The van der Waals surface area contributed by atoms with Crippen molar-refractivity contribution in [1.82, 2.24) is 9.55 Å². The van der Waals surface area contributed by atoms with Gasteiger partial charge >= 0.3 is 11.9 Å². The molecule has 1 heterocycles. The monoisotopic (exact) mass is 468 g/mol. The Morgan fingerprint density at radius 3 is 2.46 bits per heavy atom. The number of aliphatic carboxylic acids is 1. The minimum absolute atomic E-state index is 0.223. The maximum Gasteiger partial charge on any atom is 0.335 e. The van der Waals surface area contributed by atoms with Gasteiger partial charge in [-0.15, -0.1) is 0 Å². The average molecular weight is 469 g/mol. The molecule has 0 aliphatic rings. The first kappa shape index (κ1) is 24.0. The Labute approximate surface area is 204 Å². The highest BCUT2D eigenvalue weighted by atomic mass is 16.4. The van der Waals surface area contributed by atoms with E-state index in [9.17, 15) is 19.8 Å². The van der Waals surface area contributed by atoms with Gasteiger partial charge in [-0.3, -0.25) is 0 Å². The van der Waals surface area contributed by atoms with Crippen LogP contribution in [0.25, 0.3) is 16.8 Å². The molecule has 0 fully saturated rings. The SMILES string of the molecule is CCCCc1ncc(/C=C(\Cc2ccccc2)C(=O)O)n1Cc1cc(C(=O)O)cc2ccccc12. The van der Waals surface area contributed by atoms with E-state index in [1.807, 2.05) is 59.2 Å². The summed E-state index contributed by atoms with van der Waals surface area (Å²) in [6.45, 7) is 2.51. The van der Waals surface area contributed by atoms with Crippen LogP contribution in [0, 0.1) is 0 Å². The van der Waals surface area contributed by atoms with Crippen LogP contribution in [0.3, 0.4) is 0 Å². The first-order chi connectivity index (χ1) is 17.0. The van der Waals surface area contributed by atoms with Crippen LogP contribution in [0.15, 0.2) is 78.5 Å². The molecule has 0 aliphatic carbocycles. The van der Waals surface area contributed by atoms with E-state index in [0.29, 0.717) is 18.7 Å². The number of carbonyl (C=O) groups is 2. The zero-order valence-corrected chi connectivity index (χ0v) is 19.6. The van der Waals surface area contributed by atoms with Crippen molar-refractivity contribution in [3.05, 3.63) is 107 Å². The fraction of sp³-hybridized carbons (Fsp3) is 0.207. The van der Waals surface area contributed by atoms with Gasteiger partial charge in [0.2, 0.25) is 0 Å². The van der Waals surface area contributed by atoms with Crippen molar-refractivity contribution in [2.24, 2.45) is 0 Å². The summed E-state index contributed by atoms with van der Waals surface area (Å²) in [4.78, 5) is 28.5. The summed E-state index contributed by atoms with van der Waals surface area (Å²) in [5.74, 6) is -1.10. The molecule has 6 nitrogen and oxygen atoms in total. The zero-order valence-electron chi connectivity index (χ0n) is 19.6. The topological polar surface area (TPSA) is 92.4 Å². The van der Waals surface area contributed by atoms with Crippen molar-refractivity contribution in [3.8, 4) is 0 Å². The summed E-state index contributed by atoms with van der Waals surface area (Å²) in [6.07, 6.45) is 6.39. The van der Waals surface area contributed by atoms with Gasteiger partial charge in [-0.2, -0.15) is 0 Å². The van der Waals surface area contributed by atoms with Crippen molar-refractivity contribution in [2.75, 3.05) is 0 Å². The van der Waals surface area contributed by atoms with E-state index in [0.717, 1.165) is 47.0 Å². The van der Waals surface area contributed by atoms with Gasteiger partial charge in [0.05, 0.1) is 17.5 Å². The van der Waals surface area contributed by atoms with Crippen LogP contribution in [-0.2, 0) is 24.2 Å². The van der Waals surface area contributed by atoms with Gasteiger partial charge in [0, 0.05) is 25.0 Å². The van der Waals surface area contributed by atoms with Crippen LogP contribution < -0.4 is 0 Å². The van der Waals surface area contributed by atoms with Gasteiger partial charge in [0.1, 0.15) is 5.82 Å². The van der Waals surface area contributed by atoms with E-state index < -0.39 is 11.9 Å². The summed E-state index contributed by atoms with van der Waals surface area (Å²) >= 11 is 0. The third kappa shape index (κ3) is 5.66. The van der Waals surface area contributed by atoms with Crippen molar-refractivity contribution in [1.29, 1.82) is 0 Å². The molecule has 6 heteroatoms. The maximum atomic E-state index is 12.1. The van der Waals surface area contributed by atoms with Crippen LogP contribution in [-0.4, -0.2) is 31.7 Å². The van der Waals surface area contributed by atoms with Crippen LogP contribution in [0.4, 0.5) is 0 Å². The molecule has 1 aromatic heterocycles. The molecule has 0 saturated heterocycles. The minimum Gasteiger partial charge on any atom is -0.478 e. The van der Waals surface area contributed by atoms with Gasteiger partial charge in [-0.1, -0.05) is 67.9 Å². The molecule has 0 bridgehead atoms. The zero-order chi connectivity index (χ0) is 24.8. The molecule has 178 valence electrons. The maximum absolute atomic E-state index is 12.1. The molecule has 0 saturated carbocycles. The smallest absolute Gasteiger partial charge is 0.335 e. The predicted octanol–water partition coefficient (Wildman–Crippen LogP) is 5.84. The normalized spacial score (nSPS) is 11.6. The fourth-order valence-corrected chi connectivity index (χ4v) is 4.26. The van der Waals surface area contributed by atoms with Crippen molar-refractivity contribution in [2.45, 2.75) is 39.2 Å². The molecule has 4 aromatic rings. The summed E-state index contributed by atoms with van der Waals surface area (Å²) in [5.41, 5.74) is 2.95. The molecule has 3 aromatic carbocycles. The second-order valence-electron chi connectivity index (χ2n) is 8.59. The lowest BCUT2D eigenvalue weighted by Gasteiger charge is -2.14. The van der Waals surface area contributed by atoms with E-state index >= 15 is 0 Å². The molecule has 0 aliphatic heterocycles. The minimum atomic E-state index is -0.981. The number of imidazole rings is 1. The lowest BCUT2D eigenvalue weighted by atomic mass is 10.0. The van der Waals surface area contributed by atoms with E-state index in [2.05, 4.69) is 11.9 Å². The largest absolute Gasteiger partial charge is 0.478 e. The number of fused-ring (bicyclic) bond motifs is 1. The first-order valence-corrected chi connectivity index (χ1v) is 11.7. The molecular weight excluding hydrogens is 440 g/mol. The molecular formula is C29H28N2O4. The number of hydrogen-bond donors (Lipinski definition) is 2. The Morgan fingerprint density at radius 1 is 1.00 bits per heavy atom. The number of aryl methyl sites for hydroxylation is 1. The number of benzene rings is 3. The Bertz CT molecular complexity index is 1390. The highest BCUT2D eigenvalue weighted by Gasteiger charge is 2.16. The highest BCUT2D eigenvalue weighted by Crippen LogP contribution is 2.25. The molecule has 0 atom stereocenters. The van der Waals surface area contributed by atoms with E-state index in [4.69, 9.17) is 0 Å². The standard InChI is InChI=1S/C29H28N2O4/c1-2-3-13-27-30-18-25(17-22(28(32)33)14-20-9-5-4-6-10-20)31(27)19-24-16-23(29(34)35)15-21-11-7-8-12-26(21)24/h4-12,15-18H,2-3,13-14,19H2,1H3,(H,32,33)(H,34,35)/b22-17+. The number of carboxylic acids is 2. The van der Waals surface area contributed by atoms with Gasteiger partial charge in [-0.25, -0.2) is 14.6 Å². The molecule has 0 spiro atoms. The lowest BCUT2D eigenvalue weighted by molar-refractivity contribution is -0.132. The van der Waals surface area contributed by atoms with Crippen LogP contribution in [0.2, 0.25) is 0 Å². The average Bonchev–Trinajstić information content (AvgIpc) is 3.23. The molecule has 35 heavy (non-hydrogen) atoms. The van der Waals surface area contributed by atoms with Crippen molar-refractivity contribution < 1.29 is 19.8 Å². The summed E-state index contributed by atoms with van der Waals surface area (Å²) in [5, 5.41) is 21.4. The Morgan fingerprint density at radius 2 is 1.74 bits per heavy atom. The Kier molecular flexibility index (Phi) is 7.41. The number of aromatic nitrogens is 2. The van der Waals surface area contributed by atoms with Gasteiger partial charge in [0.25, 0.3) is 0 Å². The number of hydrogen-bond acceptors (Lipinski definition) is 3. The fourth-order valence-electron chi connectivity index (χ4n) is 4.26. The van der Waals surface area contributed by atoms with Crippen LogP contribution >= 0.6 is 0 Å².